The third kappa shape index (κ3) is 4.94. The molecular formula is C12H26N2O2. The summed E-state index contributed by atoms with van der Waals surface area (Å²) >= 11 is 0. The molecule has 0 amide bonds. The fourth-order valence-electron chi connectivity index (χ4n) is 1.68. The summed E-state index contributed by atoms with van der Waals surface area (Å²) in [6.07, 6.45) is 0.749. The molecule has 0 rings (SSSR count). The highest BCUT2D eigenvalue weighted by molar-refractivity contribution is 5.80. The molecule has 0 aliphatic heterocycles. The van der Waals surface area contributed by atoms with Gasteiger partial charge in [-0.15, -0.1) is 0 Å². The van der Waals surface area contributed by atoms with Gasteiger partial charge in [-0.3, -0.25) is 4.79 Å². The van der Waals surface area contributed by atoms with Gasteiger partial charge in [0.05, 0.1) is 7.11 Å². The molecule has 0 bridgehead atoms. The second-order valence-electron chi connectivity index (χ2n) is 4.98. The Labute approximate surface area is 99.3 Å². The number of likely N-dealkylation sites (N-methyl/N-ethyl adjacent to an activating group) is 1. The monoisotopic (exact) mass is 230 g/mol. The van der Waals surface area contributed by atoms with Gasteiger partial charge in [0.25, 0.3) is 0 Å². The zero-order chi connectivity index (χ0) is 12.8. The van der Waals surface area contributed by atoms with Crippen molar-refractivity contribution in [2.45, 2.75) is 32.7 Å². The zero-order valence-electron chi connectivity index (χ0n) is 11.5. The predicted molar refractivity (Wildman–Crippen MR) is 66.4 cm³/mol. The number of carbonyl (C=O) groups is 1. The molecule has 1 N–H and O–H groups in total. The fourth-order valence-corrected chi connectivity index (χ4v) is 1.68. The van der Waals surface area contributed by atoms with Gasteiger partial charge in [-0.25, -0.2) is 0 Å². The Morgan fingerprint density at radius 2 is 2.06 bits per heavy atom. The Kier molecular flexibility index (Phi) is 6.60. The lowest BCUT2D eigenvalue weighted by Gasteiger charge is -2.29. The molecule has 1 unspecified atom stereocenters. The van der Waals surface area contributed by atoms with Crippen molar-refractivity contribution in [1.82, 2.24) is 10.2 Å². The van der Waals surface area contributed by atoms with Gasteiger partial charge in [0.1, 0.15) is 5.54 Å². The van der Waals surface area contributed by atoms with Crippen LogP contribution in [0.3, 0.4) is 0 Å². The second kappa shape index (κ2) is 6.86. The zero-order valence-corrected chi connectivity index (χ0v) is 11.5. The third-order valence-electron chi connectivity index (χ3n) is 2.86. The molecule has 0 heterocycles. The minimum atomic E-state index is -0.583. The topological polar surface area (TPSA) is 41.6 Å². The number of esters is 1. The van der Waals surface area contributed by atoms with E-state index >= 15 is 0 Å². The summed E-state index contributed by atoms with van der Waals surface area (Å²) in [5.41, 5.74) is -0.583. The van der Waals surface area contributed by atoms with E-state index < -0.39 is 5.54 Å². The van der Waals surface area contributed by atoms with Crippen LogP contribution in [0.2, 0.25) is 0 Å². The van der Waals surface area contributed by atoms with Crippen molar-refractivity contribution in [1.29, 1.82) is 0 Å². The van der Waals surface area contributed by atoms with Crippen LogP contribution in [0.1, 0.15) is 27.2 Å². The van der Waals surface area contributed by atoms with E-state index in [0.29, 0.717) is 5.92 Å². The average molecular weight is 230 g/mol. The highest BCUT2D eigenvalue weighted by Crippen LogP contribution is 2.12. The number of hydrogen-bond acceptors (Lipinski definition) is 4. The van der Waals surface area contributed by atoms with E-state index in [9.17, 15) is 4.79 Å². The van der Waals surface area contributed by atoms with Gasteiger partial charge in [0.2, 0.25) is 0 Å². The minimum Gasteiger partial charge on any atom is -0.468 e. The summed E-state index contributed by atoms with van der Waals surface area (Å²) < 4.78 is 4.80. The van der Waals surface area contributed by atoms with Crippen LogP contribution in [0.5, 0.6) is 0 Å². The first-order valence-corrected chi connectivity index (χ1v) is 5.81. The molecule has 4 nitrogen and oxygen atoms in total. The largest absolute Gasteiger partial charge is 0.468 e. The summed E-state index contributed by atoms with van der Waals surface area (Å²) in [6.45, 7) is 8.18. The van der Waals surface area contributed by atoms with Crippen molar-refractivity contribution in [2.75, 3.05) is 34.3 Å². The Hall–Kier alpha value is -0.610. The quantitative estimate of drug-likeness (QED) is 0.665. The van der Waals surface area contributed by atoms with Crippen LogP contribution in [-0.2, 0) is 9.53 Å². The predicted octanol–water partition coefficient (Wildman–Crippen LogP) is 1.12. The van der Waals surface area contributed by atoms with Crippen LogP contribution in [0.15, 0.2) is 0 Å². The number of nitrogens with zero attached hydrogens (tertiary/aromatic N) is 1. The van der Waals surface area contributed by atoms with Crippen LogP contribution in [0.25, 0.3) is 0 Å². The first-order valence-electron chi connectivity index (χ1n) is 5.81. The van der Waals surface area contributed by atoms with E-state index in [1.807, 2.05) is 6.92 Å². The molecule has 0 spiro atoms. The van der Waals surface area contributed by atoms with Gasteiger partial charge in [0.15, 0.2) is 0 Å². The molecular weight excluding hydrogens is 204 g/mol. The maximum absolute atomic E-state index is 11.6. The lowest BCUT2D eigenvalue weighted by molar-refractivity contribution is -0.148. The van der Waals surface area contributed by atoms with Gasteiger partial charge >= 0.3 is 5.97 Å². The number of methoxy groups -OCH3 is 1. The van der Waals surface area contributed by atoms with Gasteiger partial charge in [-0.2, -0.15) is 0 Å². The maximum atomic E-state index is 11.6. The first kappa shape index (κ1) is 15.4. The number of carbonyl (C=O) groups excluding carboxylic acids is 1. The van der Waals surface area contributed by atoms with E-state index in [2.05, 4.69) is 31.1 Å². The van der Waals surface area contributed by atoms with Crippen LogP contribution < -0.4 is 5.32 Å². The molecule has 0 aliphatic carbocycles. The van der Waals surface area contributed by atoms with Crippen LogP contribution in [0.4, 0.5) is 0 Å². The maximum Gasteiger partial charge on any atom is 0.325 e. The lowest BCUT2D eigenvalue weighted by atomic mass is 9.98. The minimum absolute atomic E-state index is 0.201. The summed E-state index contributed by atoms with van der Waals surface area (Å²) in [5.74, 6) is 0.442. The van der Waals surface area contributed by atoms with E-state index in [1.54, 1.807) is 7.05 Å². The molecule has 0 radical (unpaired) electrons. The molecule has 0 aromatic carbocycles. The summed E-state index contributed by atoms with van der Waals surface area (Å²) in [4.78, 5) is 13.8. The number of ether oxygens (including phenoxy) is 1. The van der Waals surface area contributed by atoms with E-state index in [1.165, 1.54) is 7.11 Å². The standard InChI is InChI=1S/C12H26N2O2/c1-10(2)9-14(5)8-7-12(3,13-4)11(15)16-6/h10,13H,7-9H2,1-6H3. The smallest absolute Gasteiger partial charge is 0.325 e. The SMILES string of the molecule is CNC(C)(CCN(C)CC(C)C)C(=O)OC. The van der Waals surface area contributed by atoms with Crippen molar-refractivity contribution < 1.29 is 9.53 Å². The van der Waals surface area contributed by atoms with Crippen LogP contribution in [-0.4, -0.2) is 50.7 Å². The Bertz CT molecular complexity index is 219. The van der Waals surface area contributed by atoms with Crippen molar-refractivity contribution >= 4 is 5.97 Å². The highest BCUT2D eigenvalue weighted by atomic mass is 16.5. The summed E-state index contributed by atoms with van der Waals surface area (Å²) in [5, 5.41) is 3.04. The molecule has 0 aromatic rings. The van der Waals surface area contributed by atoms with Crippen LogP contribution in [0, 0.1) is 5.92 Å². The molecule has 0 saturated heterocycles. The van der Waals surface area contributed by atoms with Gasteiger partial charge in [0, 0.05) is 13.1 Å². The number of rotatable bonds is 7. The molecule has 0 fully saturated rings. The van der Waals surface area contributed by atoms with Crippen molar-refractivity contribution in [3.8, 4) is 0 Å². The Morgan fingerprint density at radius 1 is 1.50 bits per heavy atom. The van der Waals surface area contributed by atoms with E-state index in [4.69, 9.17) is 4.74 Å². The molecule has 4 heteroatoms. The van der Waals surface area contributed by atoms with E-state index in [0.717, 1.165) is 19.5 Å². The molecule has 96 valence electrons. The number of nitrogens with one attached hydrogen (secondary N) is 1. The van der Waals surface area contributed by atoms with Gasteiger partial charge in [-0.1, -0.05) is 13.8 Å². The van der Waals surface area contributed by atoms with Crippen molar-refractivity contribution in [3.05, 3.63) is 0 Å². The van der Waals surface area contributed by atoms with Gasteiger partial charge in [-0.05, 0) is 33.4 Å². The fraction of sp³-hybridized carbons (Fsp3) is 0.917. The van der Waals surface area contributed by atoms with E-state index in [-0.39, 0.29) is 5.97 Å². The normalized spacial score (nSPS) is 15.2. The lowest BCUT2D eigenvalue weighted by Crippen LogP contribution is -2.50. The van der Waals surface area contributed by atoms with Crippen LogP contribution >= 0.6 is 0 Å². The molecule has 0 saturated carbocycles. The number of hydrogen-bond donors (Lipinski definition) is 1. The van der Waals surface area contributed by atoms with Crippen molar-refractivity contribution in [2.24, 2.45) is 5.92 Å². The second-order valence-corrected chi connectivity index (χ2v) is 4.98. The first-order chi connectivity index (χ1) is 7.35. The van der Waals surface area contributed by atoms with Gasteiger partial charge < -0.3 is 15.0 Å². The molecule has 1 atom stereocenters. The summed E-state index contributed by atoms with van der Waals surface area (Å²) in [6, 6.07) is 0. The molecule has 16 heavy (non-hydrogen) atoms. The average Bonchev–Trinajstić information content (AvgIpc) is 2.23. The highest BCUT2D eigenvalue weighted by Gasteiger charge is 2.32. The summed E-state index contributed by atoms with van der Waals surface area (Å²) in [7, 11) is 5.29. The third-order valence-corrected chi connectivity index (χ3v) is 2.86. The Morgan fingerprint density at radius 3 is 2.44 bits per heavy atom. The molecule has 0 aromatic heterocycles. The van der Waals surface area contributed by atoms with Crippen molar-refractivity contribution in [3.63, 3.8) is 0 Å². The molecule has 0 aliphatic rings. The Balaban J connectivity index is 4.18.